The van der Waals surface area contributed by atoms with E-state index in [1.165, 1.54) is 33.4 Å². The van der Waals surface area contributed by atoms with E-state index in [-0.39, 0.29) is 4.83 Å². The second-order valence-electron chi connectivity index (χ2n) is 6.15. The van der Waals surface area contributed by atoms with Crippen LogP contribution in [0.5, 0.6) is 0 Å². The topological polar surface area (TPSA) is 0 Å². The molecule has 0 N–H and O–H groups in total. The minimum absolute atomic E-state index is 0.229. The Balaban J connectivity index is 1.81. The smallest absolute Gasteiger partial charge is 0.0644 e. The fraction of sp³-hybridized carbons (Fsp3) is 0.182. The van der Waals surface area contributed by atoms with Crippen LogP contribution in [0.2, 0.25) is 0 Å². The highest BCUT2D eigenvalue weighted by Crippen LogP contribution is 2.31. The van der Waals surface area contributed by atoms with E-state index in [0.717, 1.165) is 11.8 Å². The van der Waals surface area contributed by atoms with Gasteiger partial charge in [-0.15, -0.1) is 0 Å². The predicted octanol–water partition coefficient (Wildman–Crippen LogP) is 6.97. The summed E-state index contributed by atoms with van der Waals surface area (Å²) in [5.41, 5.74) is 7.90. The molecule has 1 atom stereocenters. The minimum atomic E-state index is 0.229. The summed E-state index contributed by atoms with van der Waals surface area (Å²) >= 11 is 7.39. The molecule has 3 aromatic rings. The maximum absolute atomic E-state index is 3.85. The Bertz CT molecular complexity index is 806. The first-order valence-electron chi connectivity index (χ1n) is 8.09. The monoisotopic (exact) mass is 442 g/mol. The maximum Gasteiger partial charge on any atom is 0.0644 e. The zero-order valence-electron chi connectivity index (χ0n) is 13.7. The average Bonchev–Trinajstić information content (AvgIpc) is 2.62. The molecular formula is C22H20Br2. The zero-order valence-corrected chi connectivity index (χ0v) is 16.8. The molecule has 0 aliphatic carbocycles. The van der Waals surface area contributed by atoms with Gasteiger partial charge in [0.2, 0.25) is 0 Å². The van der Waals surface area contributed by atoms with Crippen LogP contribution in [0.3, 0.4) is 0 Å². The fourth-order valence-corrected chi connectivity index (χ4v) is 3.79. The third-order valence-electron chi connectivity index (χ3n) is 4.17. The molecule has 0 heterocycles. The molecule has 0 radical (unpaired) electrons. The van der Waals surface area contributed by atoms with Gasteiger partial charge in [0, 0.05) is 5.33 Å². The van der Waals surface area contributed by atoms with Gasteiger partial charge in [-0.1, -0.05) is 110 Å². The van der Waals surface area contributed by atoms with E-state index in [9.17, 15) is 0 Å². The Morgan fingerprint density at radius 2 is 1.38 bits per heavy atom. The molecule has 0 saturated heterocycles. The van der Waals surface area contributed by atoms with Gasteiger partial charge in [0.05, 0.1) is 4.83 Å². The Labute approximate surface area is 161 Å². The van der Waals surface area contributed by atoms with Crippen molar-refractivity contribution in [3.05, 3.63) is 106 Å². The van der Waals surface area contributed by atoms with Gasteiger partial charge >= 0.3 is 0 Å². The van der Waals surface area contributed by atoms with Crippen LogP contribution in [0.1, 0.15) is 38.2 Å². The summed E-state index contributed by atoms with van der Waals surface area (Å²) in [6.07, 6.45) is 0.961. The van der Waals surface area contributed by atoms with E-state index in [4.69, 9.17) is 0 Å². The molecule has 0 nitrogen and oxygen atoms in total. The van der Waals surface area contributed by atoms with Gasteiger partial charge in [0.1, 0.15) is 0 Å². The average molecular weight is 444 g/mol. The summed E-state index contributed by atoms with van der Waals surface area (Å²) in [4.78, 5) is 0.229. The normalized spacial score (nSPS) is 12.1. The van der Waals surface area contributed by atoms with Gasteiger partial charge in [-0.05, 0) is 41.2 Å². The highest BCUT2D eigenvalue weighted by Gasteiger charge is 2.10. The van der Waals surface area contributed by atoms with Gasteiger partial charge < -0.3 is 0 Å². The lowest BCUT2D eigenvalue weighted by atomic mass is 9.98. The van der Waals surface area contributed by atoms with Crippen molar-refractivity contribution in [1.29, 1.82) is 0 Å². The van der Waals surface area contributed by atoms with Crippen molar-refractivity contribution >= 4 is 31.9 Å². The molecule has 0 fully saturated rings. The number of hydrogen-bond acceptors (Lipinski definition) is 0. The molecule has 24 heavy (non-hydrogen) atoms. The van der Waals surface area contributed by atoms with Crippen LogP contribution in [0.15, 0.2) is 72.8 Å². The molecule has 0 aliphatic heterocycles. The van der Waals surface area contributed by atoms with Crippen LogP contribution in [0, 0.1) is 6.92 Å². The Hall–Kier alpha value is -1.38. The molecule has 0 aromatic heterocycles. The van der Waals surface area contributed by atoms with Crippen molar-refractivity contribution < 1.29 is 0 Å². The van der Waals surface area contributed by atoms with Crippen LogP contribution in [-0.2, 0) is 11.8 Å². The SMILES string of the molecule is Cc1ccc(C(Br)c2cccc(Cc3cccc(CBr)c3)c2)cc1. The maximum atomic E-state index is 3.85. The lowest BCUT2D eigenvalue weighted by molar-refractivity contribution is 1.12. The van der Waals surface area contributed by atoms with E-state index in [0.29, 0.717) is 0 Å². The Morgan fingerprint density at radius 1 is 0.750 bits per heavy atom. The van der Waals surface area contributed by atoms with Crippen molar-refractivity contribution in [1.82, 2.24) is 0 Å². The standard InChI is InChI=1S/C22H20Br2/c1-16-8-10-20(11-9-16)22(24)21-7-3-5-18(14-21)12-17-4-2-6-19(13-17)15-23/h2-11,13-14,22H,12,15H2,1H3. The van der Waals surface area contributed by atoms with Crippen molar-refractivity contribution in [2.45, 2.75) is 23.5 Å². The number of aryl methyl sites for hydroxylation is 1. The number of alkyl halides is 2. The van der Waals surface area contributed by atoms with Gasteiger partial charge in [-0.3, -0.25) is 0 Å². The van der Waals surface area contributed by atoms with Crippen molar-refractivity contribution in [3.63, 3.8) is 0 Å². The highest BCUT2D eigenvalue weighted by atomic mass is 79.9. The van der Waals surface area contributed by atoms with Crippen LogP contribution in [0.4, 0.5) is 0 Å². The quantitative estimate of drug-likeness (QED) is 0.373. The lowest BCUT2D eigenvalue weighted by Gasteiger charge is -2.13. The second-order valence-corrected chi connectivity index (χ2v) is 7.63. The van der Waals surface area contributed by atoms with Gasteiger partial charge in [-0.25, -0.2) is 0 Å². The van der Waals surface area contributed by atoms with Crippen molar-refractivity contribution in [2.75, 3.05) is 0 Å². The first-order valence-corrected chi connectivity index (χ1v) is 10.1. The lowest BCUT2D eigenvalue weighted by Crippen LogP contribution is -1.96. The van der Waals surface area contributed by atoms with E-state index in [2.05, 4.69) is 112 Å². The number of rotatable bonds is 5. The molecule has 0 amide bonds. The summed E-state index contributed by atoms with van der Waals surface area (Å²) in [6, 6.07) is 26.3. The molecule has 3 aromatic carbocycles. The predicted molar refractivity (Wildman–Crippen MR) is 110 cm³/mol. The van der Waals surface area contributed by atoms with Gasteiger partial charge in [0.25, 0.3) is 0 Å². The van der Waals surface area contributed by atoms with E-state index in [1.54, 1.807) is 0 Å². The summed E-state index contributed by atoms with van der Waals surface area (Å²) in [5, 5.41) is 0.901. The van der Waals surface area contributed by atoms with Crippen molar-refractivity contribution in [2.24, 2.45) is 0 Å². The molecule has 0 spiro atoms. The van der Waals surface area contributed by atoms with Crippen LogP contribution < -0.4 is 0 Å². The number of halogens is 2. The second kappa shape index (κ2) is 8.13. The third kappa shape index (κ3) is 4.37. The highest BCUT2D eigenvalue weighted by molar-refractivity contribution is 9.09. The third-order valence-corrected chi connectivity index (χ3v) is 5.87. The fourth-order valence-electron chi connectivity index (χ4n) is 2.85. The summed E-state index contributed by atoms with van der Waals surface area (Å²) in [7, 11) is 0. The van der Waals surface area contributed by atoms with E-state index < -0.39 is 0 Å². The molecule has 3 rings (SSSR count). The van der Waals surface area contributed by atoms with Crippen LogP contribution in [-0.4, -0.2) is 0 Å². The molecule has 1 unspecified atom stereocenters. The summed E-state index contributed by atoms with van der Waals surface area (Å²) in [5.74, 6) is 0. The molecule has 0 bridgehead atoms. The molecule has 122 valence electrons. The number of benzene rings is 3. The van der Waals surface area contributed by atoms with E-state index in [1.807, 2.05) is 0 Å². The Kier molecular flexibility index (Phi) is 5.91. The minimum Gasteiger partial charge on any atom is -0.0876 e. The van der Waals surface area contributed by atoms with Crippen molar-refractivity contribution in [3.8, 4) is 0 Å². The van der Waals surface area contributed by atoms with Crippen LogP contribution in [0.25, 0.3) is 0 Å². The molecule has 0 saturated carbocycles. The largest absolute Gasteiger partial charge is 0.0876 e. The van der Waals surface area contributed by atoms with Crippen LogP contribution >= 0.6 is 31.9 Å². The molecular weight excluding hydrogens is 424 g/mol. The van der Waals surface area contributed by atoms with E-state index >= 15 is 0 Å². The summed E-state index contributed by atoms with van der Waals surface area (Å²) in [6.45, 7) is 2.12. The Morgan fingerprint density at radius 3 is 2.08 bits per heavy atom. The molecule has 0 aliphatic rings. The molecule has 2 heteroatoms. The first kappa shape index (κ1) is 17.4. The van der Waals surface area contributed by atoms with Gasteiger partial charge in [0.15, 0.2) is 0 Å². The number of hydrogen-bond donors (Lipinski definition) is 0. The first-order chi connectivity index (χ1) is 11.7. The van der Waals surface area contributed by atoms with Gasteiger partial charge in [-0.2, -0.15) is 0 Å². The zero-order chi connectivity index (χ0) is 16.9. The summed E-state index contributed by atoms with van der Waals surface area (Å²) < 4.78 is 0.